The molecule has 0 saturated carbocycles. The van der Waals surface area contributed by atoms with Gasteiger partial charge >= 0.3 is 0 Å². The first-order valence-corrected chi connectivity index (χ1v) is 9.59. The molecule has 118 valence electrons. The molecule has 0 aromatic heterocycles. The molecule has 23 heavy (non-hydrogen) atoms. The molecule has 2 aliphatic rings. The highest BCUT2D eigenvalue weighted by atomic mass is 32.2. The van der Waals surface area contributed by atoms with Crippen LogP contribution in [0.1, 0.15) is 36.0 Å². The van der Waals surface area contributed by atoms with E-state index < -0.39 is 10.8 Å². The molecule has 0 spiro atoms. The highest BCUT2D eigenvalue weighted by Crippen LogP contribution is 2.40. The van der Waals surface area contributed by atoms with Gasteiger partial charge in [-0.05, 0) is 42.9 Å². The normalized spacial score (nSPS) is 29.4. The second-order valence-electron chi connectivity index (χ2n) is 6.63. The standard InChI is InChI=1S/C20H20O2S/c21-20(17-12-18-9-10-19(13-17)23(18)22)16-8-4-7-15(11-16)14-5-2-1-3-6-14/h1-8,11,17-19H,9-10,12-13H2. The van der Waals surface area contributed by atoms with Gasteiger partial charge in [0.05, 0.1) is 0 Å². The molecule has 3 heteroatoms. The van der Waals surface area contributed by atoms with Gasteiger partial charge in [-0.2, -0.15) is 0 Å². The Labute approximate surface area is 139 Å². The van der Waals surface area contributed by atoms with Crippen LogP contribution in [0, 0.1) is 5.92 Å². The largest absolute Gasteiger partial charge is 0.294 e. The van der Waals surface area contributed by atoms with Crippen molar-refractivity contribution in [2.24, 2.45) is 5.92 Å². The van der Waals surface area contributed by atoms with E-state index in [9.17, 15) is 9.00 Å². The summed E-state index contributed by atoms with van der Waals surface area (Å²) in [6.07, 6.45) is 3.67. The van der Waals surface area contributed by atoms with E-state index in [4.69, 9.17) is 0 Å². The quantitative estimate of drug-likeness (QED) is 0.792. The van der Waals surface area contributed by atoms with Crippen LogP contribution < -0.4 is 0 Å². The summed E-state index contributed by atoms with van der Waals surface area (Å²) in [6.45, 7) is 0. The smallest absolute Gasteiger partial charge is 0.166 e. The second-order valence-corrected chi connectivity index (χ2v) is 8.62. The Morgan fingerprint density at radius 2 is 1.52 bits per heavy atom. The Kier molecular flexibility index (Phi) is 3.90. The fraction of sp³-hybridized carbons (Fsp3) is 0.350. The summed E-state index contributed by atoms with van der Waals surface area (Å²) in [5, 5.41) is 0.500. The zero-order chi connectivity index (χ0) is 15.8. The van der Waals surface area contributed by atoms with Crippen molar-refractivity contribution in [2.75, 3.05) is 0 Å². The van der Waals surface area contributed by atoms with Crippen molar-refractivity contribution in [3.05, 3.63) is 60.2 Å². The van der Waals surface area contributed by atoms with E-state index >= 15 is 0 Å². The van der Waals surface area contributed by atoms with E-state index in [-0.39, 0.29) is 22.2 Å². The van der Waals surface area contributed by atoms with Crippen LogP contribution in [0.5, 0.6) is 0 Å². The lowest BCUT2D eigenvalue weighted by atomic mass is 9.89. The van der Waals surface area contributed by atoms with Crippen molar-refractivity contribution < 1.29 is 9.00 Å². The number of ketones is 1. The number of benzene rings is 2. The van der Waals surface area contributed by atoms with Crippen molar-refractivity contribution >= 4 is 16.6 Å². The van der Waals surface area contributed by atoms with E-state index in [1.165, 1.54) is 0 Å². The first-order chi connectivity index (χ1) is 11.2. The van der Waals surface area contributed by atoms with Crippen molar-refractivity contribution in [1.82, 2.24) is 0 Å². The summed E-state index contributed by atoms with van der Waals surface area (Å²) in [4.78, 5) is 12.9. The fourth-order valence-electron chi connectivity index (χ4n) is 3.96. The molecule has 4 rings (SSSR count). The minimum Gasteiger partial charge on any atom is -0.294 e. The van der Waals surface area contributed by atoms with E-state index in [0.29, 0.717) is 0 Å². The molecule has 2 unspecified atom stereocenters. The number of Topliss-reactive ketones (excluding diaryl/α,β-unsaturated/α-hetero) is 1. The van der Waals surface area contributed by atoms with Crippen LogP contribution in [-0.2, 0) is 10.8 Å². The van der Waals surface area contributed by atoms with Gasteiger partial charge in [0.25, 0.3) is 0 Å². The average Bonchev–Trinajstić information content (AvgIpc) is 2.83. The van der Waals surface area contributed by atoms with Crippen molar-refractivity contribution in [2.45, 2.75) is 36.2 Å². The van der Waals surface area contributed by atoms with Crippen molar-refractivity contribution in [3.63, 3.8) is 0 Å². The van der Waals surface area contributed by atoms with Gasteiger partial charge in [0.2, 0.25) is 0 Å². The third-order valence-corrected chi connectivity index (χ3v) is 7.36. The predicted molar refractivity (Wildman–Crippen MR) is 93.9 cm³/mol. The minimum atomic E-state index is -0.699. The fourth-order valence-corrected chi connectivity index (χ4v) is 6.09. The first kappa shape index (κ1) is 14.8. The molecule has 2 aromatic carbocycles. The van der Waals surface area contributed by atoms with Crippen LogP contribution in [0.2, 0.25) is 0 Å². The Bertz CT molecular complexity index is 737. The summed E-state index contributed by atoms with van der Waals surface area (Å²) in [5.74, 6) is 0.285. The summed E-state index contributed by atoms with van der Waals surface area (Å²) >= 11 is 0. The molecule has 2 fully saturated rings. The van der Waals surface area contributed by atoms with Crippen molar-refractivity contribution in [3.8, 4) is 11.1 Å². The number of carbonyl (C=O) groups is 1. The molecule has 2 nitrogen and oxygen atoms in total. The Hall–Kier alpha value is -1.74. The van der Waals surface area contributed by atoms with Gasteiger partial charge in [-0.3, -0.25) is 9.00 Å². The van der Waals surface area contributed by atoms with Gasteiger partial charge in [-0.15, -0.1) is 0 Å². The first-order valence-electron chi connectivity index (χ1n) is 8.31. The van der Waals surface area contributed by atoms with Gasteiger partial charge in [-0.1, -0.05) is 48.5 Å². The van der Waals surface area contributed by atoms with Gasteiger partial charge in [0.15, 0.2) is 5.78 Å². The molecular formula is C20H20O2S. The third-order valence-electron chi connectivity index (χ3n) is 5.19. The third kappa shape index (κ3) is 2.78. The molecule has 2 heterocycles. The van der Waals surface area contributed by atoms with Crippen LogP contribution >= 0.6 is 0 Å². The maximum Gasteiger partial charge on any atom is 0.166 e. The number of hydrogen-bond donors (Lipinski definition) is 0. The molecule has 2 aromatic rings. The number of fused-ring (bicyclic) bond motifs is 2. The average molecular weight is 324 g/mol. The van der Waals surface area contributed by atoms with Gasteiger partial charge < -0.3 is 0 Å². The maximum atomic E-state index is 12.9. The van der Waals surface area contributed by atoms with Gasteiger partial charge in [-0.25, -0.2) is 0 Å². The lowest BCUT2D eigenvalue weighted by molar-refractivity contribution is 0.0906. The molecular weight excluding hydrogens is 304 g/mol. The summed E-state index contributed by atoms with van der Waals surface area (Å²) in [6, 6.07) is 18.1. The zero-order valence-electron chi connectivity index (χ0n) is 13.0. The lowest BCUT2D eigenvalue weighted by Gasteiger charge is -2.26. The molecule has 0 radical (unpaired) electrons. The van der Waals surface area contributed by atoms with E-state index in [0.717, 1.165) is 42.4 Å². The summed E-state index contributed by atoms with van der Waals surface area (Å²) in [7, 11) is -0.699. The molecule has 0 N–H and O–H groups in total. The Morgan fingerprint density at radius 3 is 2.22 bits per heavy atom. The van der Waals surface area contributed by atoms with Crippen LogP contribution in [0.15, 0.2) is 54.6 Å². The Balaban J connectivity index is 1.59. The number of carbonyl (C=O) groups excluding carboxylic acids is 1. The van der Waals surface area contributed by atoms with Gasteiger partial charge in [0.1, 0.15) is 0 Å². The van der Waals surface area contributed by atoms with Crippen LogP contribution in [-0.4, -0.2) is 20.5 Å². The predicted octanol–water partition coefficient (Wildman–Crippen LogP) is 4.23. The number of hydrogen-bond acceptors (Lipinski definition) is 2. The van der Waals surface area contributed by atoms with Gasteiger partial charge in [0, 0.05) is 32.8 Å². The molecule has 2 atom stereocenters. The van der Waals surface area contributed by atoms with Crippen LogP contribution in [0.3, 0.4) is 0 Å². The molecule has 0 aliphatic carbocycles. The highest BCUT2D eigenvalue weighted by molar-refractivity contribution is 7.86. The zero-order valence-corrected chi connectivity index (χ0v) is 13.8. The monoisotopic (exact) mass is 324 g/mol. The minimum absolute atomic E-state index is 0.0521. The molecule has 2 bridgehead atoms. The maximum absolute atomic E-state index is 12.9. The second kappa shape index (κ2) is 6.04. The molecule has 2 saturated heterocycles. The van der Waals surface area contributed by atoms with E-state index in [1.807, 2.05) is 42.5 Å². The van der Waals surface area contributed by atoms with E-state index in [1.54, 1.807) is 0 Å². The number of rotatable bonds is 3. The topological polar surface area (TPSA) is 34.1 Å². The van der Waals surface area contributed by atoms with Crippen LogP contribution in [0.4, 0.5) is 0 Å². The summed E-state index contributed by atoms with van der Waals surface area (Å²) in [5.41, 5.74) is 3.01. The highest BCUT2D eigenvalue weighted by Gasteiger charge is 2.42. The molecule has 2 aliphatic heterocycles. The van der Waals surface area contributed by atoms with E-state index in [2.05, 4.69) is 12.1 Å². The molecule has 0 amide bonds. The van der Waals surface area contributed by atoms with Crippen LogP contribution in [0.25, 0.3) is 11.1 Å². The summed E-state index contributed by atoms with van der Waals surface area (Å²) < 4.78 is 12.1. The SMILES string of the molecule is O=C(c1cccc(-c2ccccc2)c1)C1CC2CCC(C1)S2=O. The van der Waals surface area contributed by atoms with Crippen molar-refractivity contribution in [1.29, 1.82) is 0 Å². The lowest BCUT2D eigenvalue weighted by Crippen LogP contribution is -2.32. The Morgan fingerprint density at radius 1 is 0.870 bits per heavy atom.